The second kappa shape index (κ2) is 7.71. The maximum atomic E-state index is 12.3. The Kier molecular flexibility index (Phi) is 6.11. The minimum absolute atomic E-state index is 0.200. The van der Waals surface area contributed by atoms with Gasteiger partial charge in [0.05, 0.1) is 13.9 Å². The molecule has 1 aromatic rings. The molecule has 128 valence electrons. The lowest BCUT2D eigenvalue weighted by molar-refractivity contribution is -0.139. The highest BCUT2D eigenvalue weighted by Gasteiger charge is 2.36. The molecule has 1 aromatic carbocycles. The average Bonchev–Trinajstić information content (AvgIpc) is 2.72. The van der Waals surface area contributed by atoms with Gasteiger partial charge in [-0.05, 0) is 81.2 Å². The number of carboxylic acids is 1. The van der Waals surface area contributed by atoms with Crippen molar-refractivity contribution in [2.45, 2.75) is 19.9 Å². The highest BCUT2D eigenvalue weighted by Crippen LogP contribution is 2.38. The number of amides is 2. The van der Waals surface area contributed by atoms with E-state index in [-0.39, 0.29) is 17.2 Å². The summed E-state index contributed by atoms with van der Waals surface area (Å²) in [6.07, 6.45) is 1.61. The van der Waals surface area contributed by atoms with Crippen molar-refractivity contribution >= 4 is 66.8 Å². The lowest BCUT2D eigenvalue weighted by atomic mass is 10.2. The summed E-state index contributed by atoms with van der Waals surface area (Å²) in [6.45, 7) is 3.09. The monoisotopic (exact) mass is 477 g/mol. The molecule has 1 fully saturated rings. The Labute approximate surface area is 159 Å². The maximum Gasteiger partial charge on any atom is 0.341 e. The van der Waals surface area contributed by atoms with Crippen LogP contribution in [-0.2, 0) is 9.59 Å². The van der Waals surface area contributed by atoms with Gasteiger partial charge in [-0.1, -0.05) is 0 Å². The van der Waals surface area contributed by atoms with E-state index in [4.69, 9.17) is 9.84 Å². The van der Waals surface area contributed by atoms with Crippen LogP contribution in [0.5, 0.6) is 5.75 Å². The number of thioether (sulfide) groups is 1. The number of hydrogen-bond acceptors (Lipinski definition) is 5. The van der Waals surface area contributed by atoms with Gasteiger partial charge in [0.1, 0.15) is 5.75 Å². The van der Waals surface area contributed by atoms with E-state index in [0.717, 1.165) is 11.8 Å². The fourth-order valence-electron chi connectivity index (χ4n) is 2.01. The number of ether oxygens (including phenoxy) is 1. The first kappa shape index (κ1) is 19.0. The van der Waals surface area contributed by atoms with E-state index >= 15 is 0 Å². The van der Waals surface area contributed by atoms with E-state index in [9.17, 15) is 14.4 Å². The molecule has 1 aliphatic rings. The van der Waals surface area contributed by atoms with Crippen LogP contribution in [0.3, 0.4) is 0 Å². The number of nitrogens with zero attached hydrogens (tertiary/aromatic N) is 1. The molecule has 1 aliphatic heterocycles. The summed E-state index contributed by atoms with van der Waals surface area (Å²) in [7, 11) is 0. The van der Waals surface area contributed by atoms with Gasteiger partial charge >= 0.3 is 5.97 Å². The number of carbonyl (C=O) groups excluding carboxylic acids is 2. The van der Waals surface area contributed by atoms with Crippen LogP contribution in [0.15, 0.2) is 26.0 Å². The first-order valence-corrected chi connectivity index (χ1v) is 9.21. The maximum absolute atomic E-state index is 12.3. The summed E-state index contributed by atoms with van der Waals surface area (Å²) in [4.78, 5) is 36.3. The summed E-state index contributed by atoms with van der Waals surface area (Å²) in [5.41, 5.74) is 0.672. The molecular weight excluding hydrogens is 466 g/mol. The number of hydrogen-bond donors (Lipinski definition) is 1. The van der Waals surface area contributed by atoms with Gasteiger partial charge in [0.25, 0.3) is 11.1 Å². The second-order valence-corrected chi connectivity index (χ2v) is 7.84. The molecule has 0 aromatic heterocycles. The molecule has 0 saturated carbocycles. The predicted molar refractivity (Wildman–Crippen MR) is 97.9 cm³/mol. The lowest BCUT2D eigenvalue weighted by Crippen LogP contribution is -2.34. The molecule has 9 heteroatoms. The molecule has 24 heavy (non-hydrogen) atoms. The molecule has 0 radical (unpaired) electrons. The standard InChI is InChI=1S/C15H13Br2NO5S/c1-7(2)18-14(21)11(24-15(18)22)5-8-3-9(16)13(10(17)4-8)23-6-12(19)20/h3-5,7H,6H2,1-2H3,(H,19,20)/b11-5-. The van der Waals surface area contributed by atoms with Crippen LogP contribution >= 0.6 is 43.6 Å². The smallest absolute Gasteiger partial charge is 0.341 e. The van der Waals surface area contributed by atoms with Crippen LogP contribution < -0.4 is 4.74 Å². The van der Waals surface area contributed by atoms with Crippen molar-refractivity contribution < 1.29 is 24.2 Å². The molecule has 1 saturated heterocycles. The third kappa shape index (κ3) is 4.20. The van der Waals surface area contributed by atoms with Crippen LogP contribution in [0.1, 0.15) is 19.4 Å². The molecule has 0 unspecified atom stereocenters. The van der Waals surface area contributed by atoms with Gasteiger partial charge in [-0.3, -0.25) is 14.5 Å². The van der Waals surface area contributed by atoms with E-state index in [1.165, 1.54) is 4.90 Å². The SMILES string of the molecule is CC(C)N1C(=O)S/C(=C\c2cc(Br)c(OCC(=O)O)c(Br)c2)C1=O. The first-order chi connectivity index (χ1) is 11.2. The molecule has 6 nitrogen and oxygen atoms in total. The number of imide groups is 1. The Hall–Kier alpha value is -1.32. The summed E-state index contributed by atoms with van der Waals surface area (Å²) < 4.78 is 6.26. The molecule has 2 amide bonds. The van der Waals surface area contributed by atoms with Crippen molar-refractivity contribution in [3.05, 3.63) is 31.5 Å². The first-order valence-electron chi connectivity index (χ1n) is 6.81. The topological polar surface area (TPSA) is 83.9 Å². The number of benzene rings is 1. The summed E-state index contributed by atoms with van der Waals surface area (Å²) >= 11 is 7.52. The van der Waals surface area contributed by atoms with E-state index < -0.39 is 12.6 Å². The Morgan fingerprint density at radius 2 is 1.92 bits per heavy atom. The zero-order valence-electron chi connectivity index (χ0n) is 12.7. The Bertz CT molecular complexity index is 724. The highest BCUT2D eigenvalue weighted by molar-refractivity contribution is 9.11. The Balaban J connectivity index is 2.29. The van der Waals surface area contributed by atoms with Crippen molar-refractivity contribution in [2.75, 3.05) is 6.61 Å². The molecule has 1 N–H and O–H groups in total. The third-order valence-corrected chi connectivity index (χ3v) is 5.06. The van der Waals surface area contributed by atoms with E-state index in [1.807, 2.05) is 0 Å². The van der Waals surface area contributed by atoms with Gasteiger partial charge in [-0.15, -0.1) is 0 Å². The van der Waals surface area contributed by atoms with Crippen molar-refractivity contribution in [3.8, 4) is 5.75 Å². The van der Waals surface area contributed by atoms with Crippen LogP contribution in [0.2, 0.25) is 0 Å². The minimum Gasteiger partial charge on any atom is -0.480 e. The fourth-order valence-corrected chi connectivity index (χ4v) is 4.42. The number of halogens is 2. The molecular formula is C15H13Br2NO5S. The van der Waals surface area contributed by atoms with Crippen LogP contribution in [0.4, 0.5) is 4.79 Å². The fraction of sp³-hybridized carbons (Fsp3) is 0.267. The molecule has 0 bridgehead atoms. The Morgan fingerprint density at radius 3 is 2.38 bits per heavy atom. The molecule has 0 atom stereocenters. The van der Waals surface area contributed by atoms with Gasteiger partial charge in [0, 0.05) is 6.04 Å². The van der Waals surface area contributed by atoms with Crippen molar-refractivity contribution in [2.24, 2.45) is 0 Å². The van der Waals surface area contributed by atoms with Crippen molar-refractivity contribution in [1.82, 2.24) is 4.90 Å². The van der Waals surface area contributed by atoms with E-state index in [1.54, 1.807) is 32.1 Å². The second-order valence-electron chi connectivity index (χ2n) is 5.14. The van der Waals surface area contributed by atoms with Crippen LogP contribution in [-0.4, -0.2) is 39.8 Å². The zero-order valence-corrected chi connectivity index (χ0v) is 16.7. The lowest BCUT2D eigenvalue weighted by Gasteiger charge is -2.16. The van der Waals surface area contributed by atoms with E-state index in [2.05, 4.69) is 31.9 Å². The number of carboxylic acid groups (broad SMARTS) is 1. The van der Waals surface area contributed by atoms with Gasteiger partial charge in [-0.2, -0.15) is 0 Å². The van der Waals surface area contributed by atoms with Gasteiger partial charge in [-0.25, -0.2) is 4.79 Å². The van der Waals surface area contributed by atoms with Crippen molar-refractivity contribution in [1.29, 1.82) is 0 Å². The quantitative estimate of drug-likeness (QED) is 0.641. The highest BCUT2D eigenvalue weighted by atomic mass is 79.9. The number of aliphatic carboxylic acids is 1. The number of carbonyl (C=O) groups is 3. The number of rotatable bonds is 5. The zero-order chi connectivity index (χ0) is 18.0. The molecule has 0 spiro atoms. The van der Waals surface area contributed by atoms with E-state index in [0.29, 0.717) is 25.2 Å². The van der Waals surface area contributed by atoms with Crippen LogP contribution in [0.25, 0.3) is 6.08 Å². The third-order valence-electron chi connectivity index (χ3n) is 3.00. The predicted octanol–water partition coefficient (Wildman–Crippen LogP) is 4.12. The molecule has 2 rings (SSSR count). The summed E-state index contributed by atoms with van der Waals surface area (Å²) in [6, 6.07) is 3.17. The van der Waals surface area contributed by atoms with Crippen molar-refractivity contribution in [3.63, 3.8) is 0 Å². The largest absolute Gasteiger partial charge is 0.480 e. The molecule has 1 heterocycles. The van der Waals surface area contributed by atoms with Crippen LogP contribution in [0, 0.1) is 0 Å². The Morgan fingerprint density at radius 1 is 1.33 bits per heavy atom. The normalized spacial score (nSPS) is 16.4. The van der Waals surface area contributed by atoms with Gasteiger partial charge in [0.2, 0.25) is 0 Å². The summed E-state index contributed by atoms with van der Waals surface area (Å²) in [5, 5.41) is 8.39. The minimum atomic E-state index is -1.08. The van der Waals surface area contributed by atoms with Gasteiger partial charge < -0.3 is 9.84 Å². The summed E-state index contributed by atoms with van der Waals surface area (Å²) in [5.74, 6) is -1.05. The molecule has 0 aliphatic carbocycles. The average molecular weight is 479 g/mol. The van der Waals surface area contributed by atoms with Gasteiger partial charge in [0.15, 0.2) is 6.61 Å².